The molecule has 3 aliphatic heterocycles. The highest BCUT2D eigenvalue weighted by atomic mass is 16.5. The maximum Gasteiger partial charge on any atom is 0.145 e. The predicted octanol–water partition coefficient (Wildman–Crippen LogP) is 3.46. The molecule has 1 aromatic carbocycles. The molecule has 0 atom stereocenters. The zero-order valence-electron chi connectivity index (χ0n) is 13.1. The van der Waals surface area contributed by atoms with E-state index in [0.717, 1.165) is 28.1 Å². The summed E-state index contributed by atoms with van der Waals surface area (Å²) in [6.45, 7) is 0.308. The van der Waals surface area contributed by atoms with E-state index in [-0.39, 0.29) is 0 Å². The Bertz CT molecular complexity index is 985. The largest absolute Gasteiger partial charge is 0.492 e. The Morgan fingerprint density at radius 3 is 3.04 bits per heavy atom. The van der Waals surface area contributed by atoms with Gasteiger partial charge in [0.1, 0.15) is 30.9 Å². The standard InChI is InChI=1S/C19H12N4O2/c20-10-14-7-18-16-9-19(14)25-6-5-24-4-3-21-11-13-1-2-22-17(13)8-15(16)12-23-18/h1-3,5-9,11-12H,4H2. The second-order valence-corrected chi connectivity index (χ2v) is 5.30. The van der Waals surface area contributed by atoms with E-state index in [9.17, 15) is 5.26 Å². The van der Waals surface area contributed by atoms with E-state index in [2.05, 4.69) is 21.0 Å². The molecule has 0 amide bonds. The summed E-state index contributed by atoms with van der Waals surface area (Å²) >= 11 is 0. The number of aliphatic imine (C=N–C) groups is 3. The van der Waals surface area contributed by atoms with Crippen molar-refractivity contribution >= 4 is 29.4 Å². The number of nitriles is 1. The molecule has 0 spiro atoms. The van der Waals surface area contributed by atoms with Crippen LogP contribution in [0.1, 0.15) is 11.1 Å². The van der Waals surface area contributed by atoms with Crippen LogP contribution in [0.4, 0.5) is 5.69 Å². The van der Waals surface area contributed by atoms with E-state index in [4.69, 9.17) is 9.47 Å². The van der Waals surface area contributed by atoms with Gasteiger partial charge in [0.25, 0.3) is 0 Å². The highest BCUT2D eigenvalue weighted by Crippen LogP contribution is 2.37. The minimum absolute atomic E-state index is 0.308. The van der Waals surface area contributed by atoms with Gasteiger partial charge in [-0.05, 0) is 24.3 Å². The maximum absolute atomic E-state index is 9.33. The minimum Gasteiger partial charge on any atom is -0.492 e. The second-order valence-electron chi connectivity index (χ2n) is 5.30. The second kappa shape index (κ2) is 6.42. The van der Waals surface area contributed by atoms with Crippen LogP contribution in [0, 0.1) is 11.3 Å². The van der Waals surface area contributed by atoms with Crippen molar-refractivity contribution in [3.8, 4) is 11.8 Å². The number of allylic oxidation sites excluding steroid dienone is 4. The number of rotatable bonds is 0. The molecule has 2 bridgehead atoms. The highest BCUT2D eigenvalue weighted by Gasteiger charge is 2.18. The summed E-state index contributed by atoms with van der Waals surface area (Å²) in [6.07, 6.45) is 13.5. The van der Waals surface area contributed by atoms with Crippen LogP contribution in [0.2, 0.25) is 0 Å². The lowest BCUT2D eigenvalue weighted by atomic mass is 10.0. The third kappa shape index (κ3) is 2.91. The third-order valence-corrected chi connectivity index (χ3v) is 3.76. The van der Waals surface area contributed by atoms with Gasteiger partial charge in [-0.3, -0.25) is 15.0 Å². The van der Waals surface area contributed by atoms with E-state index in [1.807, 2.05) is 12.2 Å². The van der Waals surface area contributed by atoms with E-state index < -0.39 is 0 Å². The number of hydrogen-bond donors (Lipinski definition) is 0. The number of fused-ring (bicyclic) bond motifs is 2. The Labute approximate surface area is 144 Å². The van der Waals surface area contributed by atoms with E-state index in [1.54, 1.807) is 37.0 Å². The van der Waals surface area contributed by atoms with Gasteiger partial charge in [-0.1, -0.05) is 0 Å². The van der Waals surface area contributed by atoms with Crippen molar-refractivity contribution in [2.45, 2.75) is 0 Å². The van der Waals surface area contributed by atoms with Crippen molar-refractivity contribution in [2.24, 2.45) is 15.0 Å². The molecule has 0 saturated carbocycles. The third-order valence-electron chi connectivity index (χ3n) is 3.76. The van der Waals surface area contributed by atoms with Gasteiger partial charge in [-0.25, -0.2) is 0 Å². The molecular formula is C19H12N4O2. The Kier molecular flexibility index (Phi) is 3.81. The normalized spacial score (nSPS) is 17.3. The zero-order valence-corrected chi connectivity index (χ0v) is 13.1. The van der Waals surface area contributed by atoms with Gasteiger partial charge < -0.3 is 9.47 Å². The van der Waals surface area contributed by atoms with E-state index in [1.165, 1.54) is 12.5 Å². The van der Waals surface area contributed by atoms with Gasteiger partial charge in [-0.15, -0.1) is 0 Å². The van der Waals surface area contributed by atoms with Crippen molar-refractivity contribution < 1.29 is 9.47 Å². The molecule has 0 radical (unpaired) electrons. The van der Waals surface area contributed by atoms with E-state index in [0.29, 0.717) is 17.9 Å². The first kappa shape index (κ1) is 14.8. The molecule has 6 heteroatoms. The average molecular weight is 328 g/mol. The fraction of sp³-hybridized carbons (Fsp3) is 0.0526. The van der Waals surface area contributed by atoms with Gasteiger partial charge in [0, 0.05) is 41.5 Å². The molecule has 0 aromatic heterocycles. The van der Waals surface area contributed by atoms with Crippen LogP contribution >= 0.6 is 0 Å². The number of ether oxygens (including phenoxy) is 2. The fourth-order valence-electron chi connectivity index (χ4n) is 2.56. The first-order valence-electron chi connectivity index (χ1n) is 7.59. The molecular weight excluding hydrogens is 316 g/mol. The average Bonchev–Trinajstić information content (AvgIpc) is 3.23. The first-order chi connectivity index (χ1) is 12.3. The van der Waals surface area contributed by atoms with Crippen molar-refractivity contribution in [1.82, 2.24) is 0 Å². The number of benzene rings is 1. The topological polar surface area (TPSA) is 79.3 Å². The summed E-state index contributed by atoms with van der Waals surface area (Å²) < 4.78 is 10.8. The maximum atomic E-state index is 9.33. The number of hydrogen-bond acceptors (Lipinski definition) is 6. The van der Waals surface area contributed by atoms with Crippen LogP contribution in [0.25, 0.3) is 5.57 Å². The van der Waals surface area contributed by atoms with Crippen LogP contribution in [0.3, 0.4) is 0 Å². The Balaban J connectivity index is 1.83. The minimum atomic E-state index is 0.308. The molecule has 3 heterocycles. The molecule has 3 aliphatic rings. The molecule has 4 rings (SSSR count). The van der Waals surface area contributed by atoms with Crippen molar-refractivity contribution in [1.29, 1.82) is 5.26 Å². The monoisotopic (exact) mass is 328 g/mol. The lowest BCUT2D eigenvalue weighted by molar-refractivity contribution is 0.291. The van der Waals surface area contributed by atoms with Gasteiger partial charge in [-0.2, -0.15) is 5.26 Å². The van der Waals surface area contributed by atoms with Crippen LogP contribution in [-0.2, 0) is 4.74 Å². The molecule has 120 valence electrons. The fourth-order valence-corrected chi connectivity index (χ4v) is 2.56. The van der Waals surface area contributed by atoms with Crippen LogP contribution in [0.15, 0.2) is 69.8 Å². The van der Waals surface area contributed by atoms with Crippen molar-refractivity contribution in [3.05, 3.63) is 65.9 Å². The zero-order chi connectivity index (χ0) is 17.1. The predicted molar refractivity (Wildman–Crippen MR) is 96.2 cm³/mol. The van der Waals surface area contributed by atoms with Gasteiger partial charge >= 0.3 is 0 Å². The molecule has 6 nitrogen and oxygen atoms in total. The molecule has 0 saturated heterocycles. The summed E-state index contributed by atoms with van der Waals surface area (Å²) in [5.41, 5.74) is 4.63. The van der Waals surface area contributed by atoms with Crippen molar-refractivity contribution in [2.75, 3.05) is 6.61 Å². The summed E-state index contributed by atoms with van der Waals surface area (Å²) in [5, 5.41) is 9.33. The summed E-state index contributed by atoms with van der Waals surface area (Å²) in [5.74, 6) is 0.447. The lowest BCUT2D eigenvalue weighted by Gasteiger charge is -2.07. The summed E-state index contributed by atoms with van der Waals surface area (Å²) in [4.78, 5) is 13.0. The summed E-state index contributed by atoms with van der Waals surface area (Å²) in [7, 11) is 0. The highest BCUT2D eigenvalue weighted by molar-refractivity contribution is 6.26. The van der Waals surface area contributed by atoms with Crippen LogP contribution < -0.4 is 4.74 Å². The van der Waals surface area contributed by atoms with Crippen molar-refractivity contribution in [3.63, 3.8) is 0 Å². The lowest BCUT2D eigenvalue weighted by Crippen LogP contribution is -1.96. The van der Waals surface area contributed by atoms with Gasteiger partial charge in [0.2, 0.25) is 0 Å². The van der Waals surface area contributed by atoms with Gasteiger partial charge in [0.15, 0.2) is 0 Å². The van der Waals surface area contributed by atoms with Crippen LogP contribution in [-0.4, -0.2) is 24.7 Å². The number of nitrogens with zero attached hydrogens (tertiary/aromatic N) is 4. The SMILES string of the molecule is N#Cc1cc2c3cc1OC=COCC=NC=C1C=CN=C1C=C3C=N2. The Hall–Kier alpha value is -3.72. The summed E-state index contributed by atoms with van der Waals surface area (Å²) in [6, 6.07) is 5.64. The first-order valence-corrected chi connectivity index (χ1v) is 7.59. The quantitative estimate of drug-likeness (QED) is 0.731. The Morgan fingerprint density at radius 1 is 1.16 bits per heavy atom. The molecule has 0 N–H and O–H groups in total. The molecule has 0 fully saturated rings. The van der Waals surface area contributed by atoms with Gasteiger partial charge in [0.05, 0.1) is 17.0 Å². The van der Waals surface area contributed by atoms with Crippen LogP contribution in [0.5, 0.6) is 5.75 Å². The molecule has 0 unspecified atom stereocenters. The smallest absolute Gasteiger partial charge is 0.145 e. The molecule has 0 aliphatic carbocycles. The van der Waals surface area contributed by atoms with E-state index >= 15 is 0 Å². The molecule has 25 heavy (non-hydrogen) atoms. The Morgan fingerprint density at radius 2 is 2.12 bits per heavy atom. The molecule has 1 aromatic rings.